The number of hydrogen-bond donors (Lipinski definition) is 1. The second-order valence-corrected chi connectivity index (χ2v) is 4.12. The predicted molar refractivity (Wildman–Crippen MR) is 60.7 cm³/mol. The lowest BCUT2D eigenvalue weighted by Gasteiger charge is -1.98. The zero-order valence-corrected chi connectivity index (χ0v) is 8.98. The van der Waals surface area contributed by atoms with Gasteiger partial charge in [-0.25, -0.2) is 0 Å². The summed E-state index contributed by atoms with van der Waals surface area (Å²) in [6, 6.07) is 6.08. The highest BCUT2D eigenvalue weighted by Gasteiger charge is 2.05. The van der Waals surface area contributed by atoms with Gasteiger partial charge in [0.15, 0.2) is 0 Å². The molecule has 3 rings (SSSR count). The fourth-order valence-electron chi connectivity index (χ4n) is 1.42. The third kappa shape index (κ3) is 1.59. The Hall–Kier alpha value is -2.08. The Kier molecular flexibility index (Phi) is 2.19. The van der Waals surface area contributed by atoms with Gasteiger partial charge in [-0.2, -0.15) is 5.21 Å². The Morgan fingerprint density at radius 2 is 2.12 bits per heavy atom. The van der Waals surface area contributed by atoms with Crippen LogP contribution in [0.4, 0.5) is 0 Å². The van der Waals surface area contributed by atoms with Crippen LogP contribution in [0.5, 0.6) is 0 Å². The SMILES string of the molecule is c1csc(-c2cncc(-c3nn[nH]n3)c2)c1. The Labute approximate surface area is 95.2 Å². The number of aromatic nitrogens is 5. The van der Waals surface area contributed by atoms with Gasteiger partial charge in [-0.05, 0) is 22.7 Å². The maximum Gasteiger partial charge on any atom is 0.206 e. The van der Waals surface area contributed by atoms with Crippen LogP contribution >= 0.6 is 11.3 Å². The van der Waals surface area contributed by atoms with E-state index in [9.17, 15) is 0 Å². The summed E-state index contributed by atoms with van der Waals surface area (Å²) < 4.78 is 0. The lowest BCUT2D eigenvalue weighted by Crippen LogP contribution is -1.84. The largest absolute Gasteiger partial charge is 0.263 e. The zero-order valence-electron chi connectivity index (χ0n) is 8.16. The van der Waals surface area contributed by atoms with Crippen molar-refractivity contribution in [2.24, 2.45) is 0 Å². The van der Waals surface area contributed by atoms with Crippen molar-refractivity contribution in [3.8, 4) is 21.8 Å². The molecular formula is C10H7N5S. The first-order valence-electron chi connectivity index (χ1n) is 4.66. The van der Waals surface area contributed by atoms with E-state index >= 15 is 0 Å². The summed E-state index contributed by atoms with van der Waals surface area (Å²) in [5, 5.41) is 15.8. The molecule has 0 fully saturated rings. The third-order valence-electron chi connectivity index (χ3n) is 2.15. The van der Waals surface area contributed by atoms with E-state index in [1.54, 1.807) is 17.5 Å². The Morgan fingerprint density at radius 3 is 2.88 bits per heavy atom. The first-order valence-corrected chi connectivity index (χ1v) is 5.54. The van der Waals surface area contributed by atoms with Crippen LogP contribution in [0.1, 0.15) is 0 Å². The molecular weight excluding hydrogens is 222 g/mol. The molecule has 0 saturated heterocycles. The standard InChI is InChI=1S/C10H7N5S/c1-2-9(16-3-1)7-4-8(6-11-5-7)10-12-14-15-13-10/h1-6H,(H,12,13,14,15). The molecule has 0 aliphatic heterocycles. The first-order chi connectivity index (χ1) is 7.93. The van der Waals surface area contributed by atoms with Crippen LogP contribution in [0.3, 0.4) is 0 Å². The highest BCUT2D eigenvalue weighted by molar-refractivity contribution is 7.13. The van der Waals surface area contributed by atoms with Gasteiger partial charge in [-0.15, -0.1) is 21.5 Å². The Balaban J connectivity index is 2.07. The summed E-state index contributed by atoms with van der Waals surface area (Å²) in [4.78, 5) is 5.36. The van der Waals surface area contributed by atoms with E-state index in [-0.39, 0.29) is 0 Å². The van der Waals surface area contributed by atoms with E-state index in [0.717, 1.165) is 11.1 Å². The van der Waals surface area contributed by atoms with Crippen molar-refractivity contribution in [1.82, 2.24) is 25.6 Å². The van der Waals surface area contributed by atoms with Crippen molar-refractivity contribution in [3.63, 3.8) is 0 Å². The molecule has 1 N–H and O–H groups in total. The molecule has 0 aliphatic rings. The summed E-state index contributed by atoms with van der Waals surface area (Å²) >= 11 is 1.68. The molecule has 0 aliphatic carbocycles. The molecule has 3 aromatic rings. The highest BCUT2D eigenvalue weighted by Crippen LogP contribution is 2.26. The lowest BCUT2D eigenvalue weighted by molar-refractivity contribution is 0.881. The van der Waals surface area contributed by atoms with Crippen LogP contribution < -0.4 is 0 Å². The molecule has 0 saturated carbocycles. The van der Waals surface area contributed by atoms with Crippen molar-refractivity contribution in [1.29, 1.82) is 0 Å². The molecule has 3 aromatic heterocycles. The summed E-state index contributed by atoms with van der Waals surface area (Å²) in [6.07, 6.45) is 3.55. The van der Waals surface area contributed by atoms with Crippen LogP contribution in [0.15, 0.2) is 36.0 Å². The second-order valence-electron chi connectivity index (χ2n) is 3.18. The molecule has 0 spiro atoms. The number of H-pyrrole nitrogens is 1. The lowest BCUT2D eigenvalue weighted by atomic mass is 10.2. The highest BCUT2D eigenvalue weighted by atomic mass is 32.1. The smallest absolute Gasteiger partial charge is 0.206 e. The van der Waals surface area contributed by atoms with Gasteiger partial charge in [0.05, 0.1) is 0 Å². The van der Waals surface area contributed by atoms with Gasteiger partial charge in [-0.1, -0.05) is 6.07 Å². The maximum absolute atomic E-state index is 4.18. The first kappa shape index (κ1) is 9.17. The average Bonchev–Trinajstić information content (AvgIpc) is 3.03. The minimum absolute atomic E-state index is 0.561. The number of pyridine rings is 1. The number of hydrogen-bond acceptors (Lipinski definition) is 5. The van der Waals surface area contributed by atoms with E-state index in [0.29, 0.717) is 5.82 Å². The number of nitrogens with one attached hydrogen (secondary N) is 1. The number of rotatable bonds is 2. The van der Waals surface area contributed by atoms with Gasteiger partial charge in [0, 0.05) is 28.4 Å². The molecule has 6 heteroatoms. The molecule has 5 nitrogen and oxygen atoms in total. The number of aromatic amines is 1. The minimum atomic E-state index is 0.561. The van der Waals surface area contributed by atoms with E-state index in [1.807, 2.05) is 23.7 Å². The van der Waals surface area contributed by atoms with Gasteiger partial charge < -0.3 is 0 Å². The van der Waals surface area contributed by atoms with E-state index < -0.39 is 0 Å². The van der Waals surface area contributed by atoms with E-state index in [2.05, 4.69) is 31.7 Å². The van der Waals surface area contributed by atoms with Gasteiger partial charge in [-0.3, -0.25) is 4.98 Å². The van der Waals surface area contributed by atoms with Crippen LogP contribution in [0.25, 0.3) is 21.8 Å². The monoisotopic (exact) mass is 229 g/mol. The molecule has 0 amide bonds. The third-order valence-corrected chi connectivity index (χ3v) is 3.07. The summed E-state index contributed by atoms with van der Waals surface area (Å²) in [6.45, 7) is 0. The quantitative estimate of drug-likeness (QED) is 0.729. The van der Waals surface area contributed by atoms with Gasteiger partial charge in [0.25, 0.3) is 0 Å². The van der Waals surface area contributed by atoms with E-state index in [1.165, 1.54) is 4.88 Å². The molecule has 16 heavy (non-hydrogen) atoms. The number of thiophene rings is 1. The predicted octanol–water partition coefficient (Wildman–Crippen LogP) is 1.99. The molecule has 78 valence electrons. The van der Waals surface area contributed by atoms with Crippen molar-refractivity contribution in [2.75, 3.05) is 0 Å². The summed E-state index contributed by atoms with van der Waals surface area (Å²) in [5.74, 6) is 0.561. The molecule has 0 radical (unpaired) electrons. The minimum Gasteiger partial charge on any atom is -0.263 e. The van der Waals surface area contributed by atoms with Gasteiger partial charge in [0.2, 0.25) is 5.82 Å². The zero-order chi connectivity index (χ0) is 10.8. The number of tetrazole rings is 1. The Bertz CT molecular complexity index is 524. The molecule has 0 aromatic carbocycles. The van der Waals surface area contributed by atoms with Crippen LogP contribution in [0, 0.1) is 0 Å². The molecule has 0 atom stereocenters. The van der Waals surface area contributed by atoms with Crippen molar-refractivity contribution in [2.45, 2.75) is 0 Å². The Morgan fingerprint density at radius 1 is 1.19 bits per heavy atom. The summed E-state index contributed by atoms with van der Waals surface area (Å²) in [5.41, 5.74) is 1.93. The topological polar surface area (TPSA) is 67.3 Å². The van der Waals surface area contributed by atoms with Gasteiger partial charge >= 0.3 is 0 Å². The van der Waals surface area contributed by atoms with Crippen LogP contribution in [-0.4, -0.2) is 25.6 Å². The second kappa shape index (κ2) is 3.82. The average molecular weight is 229 g/mol. The number of nitrogens with zero attached hydrogens (tertiary/aromatic N) is 4. The molecule has 0 bridgehead atoms. The van der Waals surface area contributed by atoms with E-state index in [4.69, 9.17) is 0 Å². The van der Waals surface area contributed by atoms with Gasteiger partial charge in [0.1, 0.15) is 0 Å². The summed E-state index contributed by atoms with van der Waals surface area (Å²) in [7, 11) is 0. The van der Waals surface area contributed by atoms with Crippen LogP contribution in [0.2, 0.25) is 0 Å². The maximum atomic E-state index is 4.18. The molecule has 0 unspecified atom stereocenters. The fourth-order valence-corrected chi connectivity index (χ4v) is 2.13. The molecule has 3 heterocycles. The van der Waals surface area contributed by atoms with Crippen LogP contribution in [-0.2, 0) is 0 Å². The van der Waals surface area contributed by atoms with Crippen molar-refractivity contribution >= 4 is 11.3 Å². The van der Waals surface area contributed by atoms with Crippen molar-refractivity contribution in [3.05, 3.63) is 36.0 Å². The normalized spacial score (nSPS) is 10.5. The van der Waals surface area contributed by atoms with Crippen molar-refractivity contribution < 1.29 is 0 Å². The fraction of sp³-hybridized carbons (Fsp3) is 0.